The van der Waals surface area contributed by atoms with Gasteiger partial charge in [0.1, 0.15) is 13.2 Å². The van der Waals surface area contributed by atoms with E-state index in [1.165, 1.54) is 103 Å². The number of hydrogen-bond acceptors (Lipinski definition) is 6. The fourth-order valence-corrected chi connectivity index (χ4v) is 7.23. The maximum atomic E-state index is 12.8. The number of esters is 3. The van der Waals surface area contributed by atoms with Gasteiger partial charge in [-0.1, -0.05) is 216 Å². The second-order valence-electron chi connectivity index (χ2n) is 17.4. The van der Waals surface area contributed by atoms with Gasteiger partial charge in [-0.3, -0.25) is 14.4 Å². The van der Waals surface area contributed by atoms with Crippen LogP contribution >= 0.6 is 0 Å². The van der Waals surface area contributed by atoms with E-state index in [1.807, 2.05) is 0 Å². The predicted octanol–water partition coefficient (Wildman–Crippen LogP) is 17.4. The highest BCUT2D eigenvalue weighted by Gasteiger charge is 2.19. The summed E-state index contributed by atoms with van der Waals surface area (Å²) in [5.74, 6) is -0.946. The van der Waals surface area contributed by atoms with Crippen molar-refractivity contribution in [2.24, 2.45) is 0 Å². The summed E-state index contributed by atoms with van der Waals surface area (Å²) in [5, 5.41) is 0. The largest absolute Gasteiger partial charge is 0.462 e. The molecule has 362 valence electrons. The van der Waals surface area contributed by atoms with E-state index in [0.29, 0.717) is 19.3 Å². The molecule has 6 nitrogen and oxygen atoms in total. The Morgan fingerprint density at radius 1 is 0.333 bits per heavy atom. The Kier molecular flexibility index (Phi) is 48.9. The van der Waals surface area contributed by atoms with Crippen LogP contribution in [0.25, 0.3) is 0 Å². The van der Waals surface area contributed by atoms with Crippen LogP contribution in [0.5, 0.6) is 0 Å². The minimum absolute atomic E-state index is 0.0927. The topological polar surface area (TPSA) is 78.9 Å². The number of carbonyl (C=O) groups excluding carboxylic acids is 3. The van der Waals surface area contributed by atoms with Crippen LogP contribution in [-0.2, 0) is 28.6 Å². The summed E-state index contributed by atoms with van der Waals surface area (Å²) >= 11 is 0. The van der Waals surface area contributed by atoms with Gasteiger partial charge in [0.2, 0.25) is 0 Å². The first-order valence-electron chi connectivity index (χ1n) is 26.4. The van der Waals surface area contributed by atoms with Gasteiger partial charge in [-0.25, -0.2) is 0 Å². The van der Waals surface area contributed by atoms with E-state index in [1.54, 1.807) is 0 Å². The minimum Gasteiger partial charge on any atom is -0.462 e. The van der Waals surface area contributed by atoms with Gasteiger partial charge in [0.25, 0.3) is 0 Å². The Labute approximate surface area is 389 Å². The van der Waals surface area contributed by atoms with Gasteiger partial charge in [-0.15, -0.1) is 0 Å². The molecular weight excluding hydrogens is 781 g/mol. The van der Waals surface area contributed by atoms with E-state index in [-0.39, 0.29) is 31.1 Å². The lowest BCUT2D eigenvalue weighted by molar-refractivity contribution is -0.167. The minimum atomic E-state index is -0.797. The van der Waals surface area contributed by atoms with Gasteiger partial charge in [0.05, 0.1) is 0 Å². The highest BCUT2D eigenvalue weighted by Crippen LogP contribution is 2.15. The van der Waals surface area contributed by atoms with Crippen LogP contribution in [0.3, 0.4) is 0 Å². The van der Waals surface area contributed by atoms with Gasteiger partial charge in [0.15, 0.2) is 6.10 Å². The maximum Gasteiger partial charge on any atom is 0.306 e. The van der Waals surface area contributed by atoms with Gasteiger partial charge >= 0.3 is 17.9 Å². The number of ether oxygens (including phenoxy) is 3. The predicted molar refractivity (Wildman–Crippen MR) is 270 cm³/mol. The number of allylic oxidation sites excluding steroid dienone is 12. The Morgan fingerprint density at radius 2 is 0.619 bits per heavy atom. The standard InChI is InChI=1S/C57H98O6/c1-4-7-10-13-16-19-22-25-28-31-34-37-40-43-46-49-55(58)61-52-54(63-57(60)51-48-45-42-39-36-33-30-27-24-21-18-15-12-9-6-3)53-62-56(59)50-47-44-41-38-35-32-29-26-23-20-17-14-11-8-5-2/h7,10,16,18-19,21,25,27-28,30,34,37,54H,4-6,8-9,11-15,17,20,22-24,26,29,31-33,35-36,38-53H2,1-3H3/b10-7-,19-16-,21-18-,28-25-,30-27-,37-34-/t54-/m1/s1. The van der Waals surface area contributed by atoms with E-state index >= 15 is 0 Å². The van der Waals surface area contributed by atoms with Crippen LogP contribution < -0.4 is 0 Å². The molecular formula is C57H98O6. The van der Waals surface area contributed by atoms with Crippen LogP contribution in [0.15, 0.2) is 72.9 Å². The van der Waals surface area contributed by atoms with Gasteiger partial charge in [0, 0.05) is 19.3 Å². The van der Waals surface area contributed by atoms with Crippen molar-refractivity contribution in [2.45, 2.75) is 258 Å². The summed E-state index contributed by atoms with van der Waals surface area (Å²) in [6.45, 7) is 6.46. The highest BCUT2D eigenvalue weighted by atomic mass is 16.6. The van der Waals surface area contributed by atoms with Crippen molar-refractivity contribution in [3.63, 3.8) is 0 Å². The molecule has 0 aliphatic rings. The molecule has 0 aromatic heterocycles. The normalized spacial score (nSPS) is 12.6. The summed E-state index contributed by atoms with van der Waals surface area (Å²) in [6.07, 6.45) is 64.5. The lowest BCUT2D eigenvalue weighted by Gasteiger charge is -2.18. The molecule has 6 heteroatoms. The van der Waals surface area contributed by atoms with Crippen molar-refractivity contribution in [2.75, 3.05) is 13.2 Å². The van der Waals surface area contributed by atoms with Crippen molar-refractivity contribution < 1.29 is 28.6 Å². The quantitative estimate of drug-likeness (QED) is 0.0262. The molecule has 0 saturated heterocycles. The van der Waals surface area contributed by atoms with E-state index in [0.717, 1.165) is 109 Å². The Bertz CT molecular complexity index is 1190. The van der Waals surface area contributed by atoms with E-state index < -0.39 is 6.10 Å². The molecule has 0 bridgehead atoms. The number of unbranched alkanes of at least 4 members (excludes halogenated alkanes) is 24. The molecule has 0 N–H and O–H groups in total. The van der Waals surface area contributed by atoms with Crippen LogP contribution in [0.4, 0.5) is 0 Å². The third-order valence-corrected chi connectivity index (χ3v) is 11.2. The van der Waals surface area contributed by atoms with Gasteiger partial charge in [-0.05, 0) is 89.9 Å². The Balaban J connectivity index is 4.46. The zero-order valence-corrected chi connectivity index (χ0v) is 41.3. The lowest BCUT2D eigenvalue weighted by atomic mass is 10.0. The molecule has 0 heterocycles. The molecule has 63 heavy (non-hydrogen) atoms. The summed E-state index contributed by atoms with van der Waals surface area (Å²) in [4.78, 5) is 38.0. The zero-order chi connectivity index (χ0) is 45.8. The Hall–Kier alpha value is -3.15. The smallest absolute Gasteiger partial charge is 0.306 e. The molecule has 0 aromatic rings. The summed E-state index contributed by atoms with van der Waals surface area (Å²) in [5.41, 5.74) is 0. The van der Waals surface area contributed by atoms with E-state index in [4.69, 9.17) is 14.2 Å². The van der Waals surface area contributed by atoms with Crippen molar-refractivity contribution in [3.05, 3.63) is 72.9 Å². The molecule has 1 atom stereocenters. The third kappa shape index (κ3) is 49.7. The van der Waals surface area contributed by atoms with E-state index in [2.05, 4.69) is 93.7 Å². The fourth-order valence-electron chi connectivity index (χ4n) is 7.23. The van der Waals surface area contributed by atoms with E-state index in [9.17, 15) is 14.4 Å². The first-order chi connectivity index (χ1) is 31.0. The van der Waals surface area contributed by atoms with Crippen molar-refractivity contribution in [3.8, 4) is 0 Å². The maximum absolute atomic E-state index is 12.8. The average molecular weight is 879 g/mol. The van der Waals surface area contributed by atoms with Crippen molar-refractivity contribution in [1.29, 1.82) is 0 Å². The first-order valence-corrected chi connectivity index (χ1v) is 26.4. The highest BCUT2D eigenvalue weighted by molar-refractivity contribution is 5.71. The van der Waals surface area contributed by atoms with Crippen molar-refractivity contribution in [1.82, 2.24) is 0 Å². The van der Waals surface area contributed by atoms with Crippen molar-refractivity contribution >= 4 is 17.9 Å². The molecule has 0 aliphatic heterocycles. The molecule has 0 unspecified atom stereocenters. The molecule has 0 spiro atoms. The zero-order valence-electron chi connectivity index (χ0n) is 41.3. The van der Waals surface area contributed by atoms with Crippen LogP contribution in [0, 0.1) is 0 Å². The monoisotopic (exact) mass is 879 g/mol. The van der Waals surface area contributed by atoms with Gasteiger partial charge < -0.3 is 14.2 Å². The number of carbonyl (C=O) groups is 3. The average Bonchev–Trinajstić information content (AvgIpc) is 3.28. The SMILES string of the molecule is CC/C=C\C/C=C\C/C=C\C/C=C\CCCCC(=O)OC[C@H](COC(=O)CCCCCCCCCCCCCCCCC)OC(=O)CCCCCCC/C=C\C/C=C\CCCCC. The first kappa shape index (κ1) is 59.9. The number of rotatable bonds is 47. The molecule has 0 radical (unpaired) electrons. The van der Waals surface area contributed by atoms with Gasteiger partial charge in [-0.2, -0.15) is 0 Å². The summed E-state index contributed by atoms with van der Waals surface area (Å²) < 4.78 is 16.8. The van der Waals surface area contributed by atoms with Crippen LogP contribution in [-0.4, -0.2) is 37.2 Å². The molecule has 0 amide bonds. The fraction of sp³-hybridized carbons (Fsp3) is 0.737. The molecule has 0 rings (SSSR count). The van der Waals surface area contributed by atoms with Crippen LogP contribution in [0.1, 0.15) is 252 Å². The summed E-state index contributed by atoms with van der Waals surface area (Å²) in [7, 11) is 0. The summed E-state index contributed by atoms with van der Waals surface area (Å²) in [6, 6.07) is 0. The van der Waals surface area contributed by atoms with Crippen LogP contribution in [0.2, 0.25) is 0 Å². The lowest BCUT2D eigenvalue weighted by Crippen LogP contribution is -2.30. The third-order valence-electron chi connectivity index (χ3n) is 11.2. The second-order valence-corrected chi connectivity index (χ2v) is 17.4. The molecule has 0 fully saturated rings. The number of hydrogen-bond donors (Lipinski definition) is 0. The Morgan fingerprint density at radius 3 is 1.03 bits per heavy atom. The molecule has 0 aromatic carbocycles. The second kappa shape index (κ2) is 51.5. The molecule has 0 saturated carbocycles. The molecule has 0 aliphatic carbocycles.